The Bertz CT molecular complexity index is 2080. The zero-order valence-corrected chi connectivity index (χ0v) is 34.7. The molecule has 7 rings (SSSR count). The third-order valence-electron chi connectivity index (χ3n) is 12.1. The van der Waals surface area contributed by atoms with Crippen molar-refractivity contribution in [3.63, 3.8) is 0 Å². The number of unbranched alkanes of at least 4 members (excludes halogenated alkanes) is 2. The highest BCUT2D eigenvalue weighted by atomic mass is 16.7. The summed E-state index contributed by atoms with van der Waals surface area (Å²) >= 11 is 0. The Morgan fingerprint density at radius 3 is 2.45 bits per heavy atom. The molecule has 2 N–H and O–H groups in total. The summed E-state index contributed by atoms with van der Waals surface area (Å²) in [7, 11) is 3.04. The summed E-state index contributed by atoms with van der Waals surface area (Å²) in [5.74, 6) is 0.900. The summed E-state index contributed by atoms with van der Waals surface area (Å²) in [6, 6.07) is 15.4. The van der Waals surface area contributed by atoms with E-state index in [9.17, 15) is 19.8 Å². The molecule has 3 aromatic rings. The molecule has 3 aromatic carbocycles. The number of hydrogen-bond donors (Lipinski definition) is 2. The number of carbonyl (C=O) groups is 2. The van der Waals surface area contributed by atoms with Gasteiger partial charge in [-0.15, -0.1) is 6.58 Å². The van der Waals surface area contributed by atoms with Gasteiger partial charge in [-0.25, -0.2) is 0 Å². The number of aldehydes is 1. The molecule has 6 atom stereocenters. The minimum Gasteiger partial charge on any atom is -0.496 e. The highest BCUT2D eigenvalue weighted by Gasteiger charge is 2.65. The van der Waals surface area contributed by atoms with Crippen LogP contribution in [0.25, 0.3) is 0 Å². The molecular weight excluding hydrogens is 769 g/mol. The molecule has 13 nitrogen and oxygen atoms in total. The largest absolute Gasteiger partial charge is 0.496 e. The van der Waals surface area contributed by atoms with Gasteiger partial charge >= 0.3 is 0 Å². The molecule has 2 aliphatic carbocycles. The lowest BCUT2D eigenvalue weighted by Crippen LogP contribution is -2.70. The second-order valence-electron chi connectivity index (χ2n) is 15.6. The number of amides is 1. The molecule has 4 aliphatic rings. The van der Waals surface area contributed by atoms with Crippen molar-refractivity contribution in [2.45, 2.75) is 76.0 Å². The van der Waals surface area contributed by atoms with Crippen molar-refractivity contribution in [3.8, 4) is 34.5 Å². The number of carbonyl (C=O) groups excluding carboxylic acids is 2. The van der Waals surface area contributed by atoms with Crippen LogP contribution in [0.5, 0.6) is 34.5 Å². The second-order valence-corrected chi connectivity index (χ2v) is 15.6. The Labute approximate surface area is 351 Å². The number of allylic oxidation sites excluding steroid dienone is 1. The van der Waals surface area contributed by atoms with E-state index in [-0.39, 0.29) is 56.7 Å². The number of oxime groups is 1. The summed E-state index contributed by atoms with van der Waals surface area (Å²) in [6.45, 7) is 6.85. The van der Waals surface area contributed by atoms with Crippen LogP contribution in [-0.4, -0.2) is 92.2 Å². The molecule has 320 valence electrons. The summed E-state index contributed by atoms with van der Waals surface area (Å²) in [4.78, 5) is 34.3. The van der Waals surface area contributed by atoms with Crippen molar-refractivity contribution in [2.24, 2.45) is 22.9 Å². The Balaban J connectivity index is 1.42. The number of aliphatic hydroxyl groups excluding tert-OH is 2. The number of methoxy groups -OCH3 is 1. The predicted octanol–water partition coefficient (Wildman–Crippen LogP) is 7.84. The normalized spacial score (nSPS) is 24.1. The van der Waals surface area contributed by atoms with E-state index in [1.54, 1.807) is 42.5 Å². The zero-order valence-electron chi connectivity index (χ0n) is 34.7. The molecule has 0 spiro atoms. The van der Waals surface area contributed by atoms with Gasteiger partial charge in [-0.1, -0.05) is 37.1 Å². The van der Waals surface area contributed by atoms with Crippen molar-refractivity contribution in [2.75, 3.05) is 47.4 Å². The maximum absolute atomic E-state index is 14.9. The highest BCUT2D eigenvalue weighted by Crippen LogP contribution is 2.62. The molecule has 0 bridgehead atoms. The molecule has 0 aromatic heterocycles. The molecule has 1 fully saturated rings. The fourth-order valence-electron chi connectivity index (χ4n) is 9.66. The number of nitrogens with zero attached hydrogens (tertiary/aromatic N) is 2. The van der Waals surface area contributed by atoms with Crippen molar-refractivity contribution >= 4 is 17.9 Å². The molecule has 6 unspecified atom stereocenters. The van der Waals surface area contributed by atoms with Gasteiger partial charge in [0.2, 0.25) is 12.6 Å². The summed E-state index contributed by atoms with van der Waals surface area (Å²) in [5.41, 5.74) is 3.35. The predicted molar refractivity (Wildman–Crippen MR) is 224 cm³/mol. The maximum Gasteiger partial charge on any atom is 0.254 e. The lowest BCUT2D eigenvalue weighted by atomic mass is 9.55. The number of fused-ring (bicyclic) bond motifs is 3. The van der Waals surface area contributed by atoms with Crippen LogP contribution in [0.1, 0.15) is 90.5 Å². The van der Waals surface area contributed by atoms with Crippen LogP contribution in [0.2, 0.25) is 0 Å². The summed E-state index contributed by atoms with van der Waals surface area (Å²) in [5, 5.41) is 24.5. The Kier molecular flexibility index (Phi) is 13.8. The summed E-state index contributed by atoms with van der Waals surface area (Å²) < 4.78 is 37.4. The molecule has 1 saturated carbocycles. The van der Waals surface area contributed by atoms with Crippen LogP contribution >= 0.6 is 0 Å². The number of benzene rings is 3. The van der Waals surface area contributed by atoms with Gasteiger partial charge in [-0.05, 0) is 104 Å². The number of rotatable bonds is 20. The van der Waals surface area contributed by atoms with E-state index in [2.05, 4.69) is 17.8 Å². The Hall–Kier alpha value is -5.37. The van der Waals surface area contributed by atoms with Gasteiger partial charge in [0.05, 0.1) is 30.9 Å². The third kappa shape index (κ3) is 8.35. The first kappa shape index (κ1) is 42.7. The van der Waals surface area contributed by atoms with Crippen LogP contribution in [0, 0.1) is 17.8 Å². The van der Waals surface area contributed by atoms with Crippen LogP contribution in [0.15, 0.2) is 84.1 Å². The van der Waals surface area contributed by atoms with Crippen molar-refractivity contribution in [1.29, 1.82) is 0 Å². The molecule has 0 radical (unpaired) electrons. The monoisotopic (exact) mass is 824 g/mol. The standard InChI is InChI=1S/C47H56N2O11/c1-5-19-49(46(53)31-13-16-41-42(25-31)57-29-56-41)43-27-38(48-55-4)36-24-30(11-7-9-20-50)35(12-8-10-21-51)44-37-26-34(59-33-14-17-39(54-3)32(23-33)28-52)15-18-40(37)60-47(43,45(36)44)58-22-6-2/h6,13-18,23-26,28,30,35,43-45,50-51H,2,5,7-12,19-22,27,29H2,1,3-4H3. The van der Waals surface area contributed by atoms with Gasteiger partial charge in [0.1, 0.15) is 36.1 Å². The van der Waals surface area contributed by atoms with E-state index >= 15 is 0 Å². The summed E-state index contributed by atoms with van der Waals surface area (Å²) in [6.07, 6.45) is 10.2. The molecule has 2 heterocycles. The first-order chi connectivity index (χ1) is 29.3. The molecule has 0 saturated heterocycles. The van der Waals surface area contributed by atoms with Gasteiger partial charge in [-0.2, -0.15) is 0 Å². The van der Waals surface area contributed by atoms with Crippen molar-refractivity contribution in [3.05, 3.63) is 95.6 Å². The third-order valence-corrected chi connectivity index (χ3v) is 12.1. The average molecular weight is 825 g/mol. The van der Waals surface area contributed by atoms with Gasteiger partial charge < -0.3 is 48.4 Å². The quantitative estimate of drug-likeness (QED) is 0.0496. The number of aliphatic hydroxyl groups is 2. The molecule has 60 heavy (non-hydrogen) atoms. The number of ether oxygens (including phenoxy) is 6. The number of hydrogen-bond acceptors (Lipinski definition) is 12. The van der Waals surface area contributed by atoms with E-state index in [4.69, 9.17) is 33.3 Å². The minimum absolute atomic E-state index is 0.0305. The van der Waals surface area contributed by atoms with Crippen LogP contribution in [0.4, 0.5) is 0 Å². The van der Waals surface area contributed by atoms with E-state index in [1.165, 1.54) is 14.2 Å². The lowest BCUT2D eigenvalue weighted by molar-refractivity contribution is -0.254. The SMILES string of the molecule is C=CCOC12Oc3ccc(Oc4ccc(OC)c(C=O)c4)cc3C3C(CCCCO)C(CCCCO)C=C(C(=NOC)CC1N(CCC)C(=O)c1ccc4c(c1)OCO4)C32. The van der Waals surface area contributed by atoms with Crippen LogP contribution in [-0.2, 0) is 9.57 Å². The van der Waals surface area contributed by atoms with Gasteiger partial charge in [-0.3, -0.25) is 9.59 Å². The minimum atomic E-state index is -1.41. The van der Waals surface area contributed by atoms with Gasteiger partial charge in [0.15, 0.2) is 17.8 Å². The topological polar surface area (TPSA) is 155 Å². The maximum atomic E-state index is 14.9. The lowest BCUT2D eigenvalue weighted by Gasteiger charge is -2.60. The fraction of sp³-hybridized carbons (Fsp3) is 0.468. The smallest absolute Gasteiger partial charge is 0.254 e. The van der Waals surface area contributed by atoms with Crippen LogP contribution < -0.4 is 23.7 Å². The van der Waals surface area contributed by atoms with Gasteiger partial charge in [0, 0.05) is 43.2 Å². The van der Waals surface area contributed by atoms with E-state index in [0.717, 1.165) is 43.1 Å². The van der Waals surface area contributed by atoms with Crippen molar-refractivity contribution in [1.82, 2.24) is 4.90 Å². The van der Waals surface area contributed by atoms with Gasteiger partial charge in [0.25, 0.3) is 5.91 Å². The van der Waals surface area contributed by atoms with Crippen molar-refractivity contribution < 1.29 is 53.1 Å². The Morgan fingerprint density at radius 1 is 0.967 bits per heavy atom. The second kappa shape index (κ2) is 19.3. The van der Waals surface area contributed by atoms with E-state index in [1.807, 2.05) is 30.0 Å². The fourth-order valence-corrected chi connectivity index (χ4v) is 9.66. The molecule has 1 amide bonds. The molecular formula is C47H56N2O11. The first-order valence-electron chi connectivity index (χ1n) is 21.0. The zero-order chi connectivity index (χ0) is 42.2. The Morgan fingerprint density at radius 2 is 1.72 bits per heavy atom. The van der Waals surface area contributed by atoms with E-state index in [0.29, 0.717) is 77.1 Å². The molecule has 2 aliphatic heterocycles. The highest BCUT2D eigenvalue weighted by molar-refractivity contribution is 6.03. The first-order valence-corrected chi connectivity index (χ1v) is 21.0. The van der Waals surface area contributed by atoms with E-state index < -0.39 is 17.7 Å². The van der Waals surface area contributed by atoms with Crippen LogP contribution in [0.3, 0.4) is 0 Å². The average Bonchev–Trinajstić information content (AvgIpc) is 3.75. The molecule has 13 heteroatoms.